The minimum atomic E-state index is 0.370. The van der Waals surface area contributed by atoms with Crippen LogP contribution in [0.1, 0.15) is 19.3 Å². The molecule has 5 nitrogen and oxygen atoms in total. The van der Waals surface area contributed by atoms with E-state index in [1.165, 1.54) is 12.8 Å². The molecule has 1 aromatic rings. The summed E-state index contributed by atoms with van der Waals surface area (Å²) in [7, 11) is 1.85. The van der Waals surface area contributed by atoms with Crippen LogP contribution in [0.15, 0.2) is 12.4 Å². The van der Waals surface area contributed by atoms with Crippen molar-refractivity contribution >= 4 is 11.6 Å². The smallest absolute Gasteiger partial charge is 0.147 e. The van der Waals surface area contributed by atoms with Crippen LogP contribution >= 0.6 is 0 Å². The van der Waals surface area contributed by atoms with Gasteiger partial charge in [0, 0.05) is 13.7 Å². The molecule has 2 atom stereocenters. The molecule has 3 rings (SSSR count). The Balaban J connectivity index is 1.68. The lowest BCUT2D eigenvalue weighted by Crippen LogP contribution is -2.31. The number of nitrogens with one attached hydrogen (secondary N) is 2. The summed E-state index contributed by atoms with van der Waals surface area (Å²) >= 11 is 0. The maximum Gasteiger partial charge on any atom is 0.147 e. The van der Waals surface area contributed by atoms with Crippen LogP contribution in [-0.2, 0) is 4.74 Å². The summed E-state index contributed by atoms with van der Waals surface area (Å²) in [5, 5.41) is 6.44. The Morgan fingerprint density at radius 2 is 2.06 bits per heavy atom. The average molecular weight is 234 g/mol. The first-order valence-corrected chi connectivity index (χ1v) is 6.25. The Bertz CT molecular complexity index is 394. The first-order chi connectivity index (χ1) is 8.36. The molecule has 0 radical (unpaired) electrons. The Hall–Kier alpha value is -1.36. The van der Waals surface area contributed by atoms with Crippen molar-refractivity contribution in [2.75, 3.05) is 24.3 Å². The summed E-state index contributed by atoms with van der Waals surface area (Å²) in [5.41, 5.74) is 0. The molecule has 2 unspecified atom stereocenters. The van der Waals surface area contributed by atoms with E-state index in [2.05, 4.69) is 20.6 Å². The summed E-state index contributed by atoms with van der Waals surface area (Å²) < 4.78 is 5.79. The van der Waals surface area contributed by atoms with Crippen molar-refractivity contribution in [1.29, 1.82) is 0 Å². The van der Waals surface area contributed by atoms with E-state index >= 15 is 0 Å². The number of hydrogen-bond acceptors (Lipinski definition) is 5. The fourth-order valence-corrected chi connectivity index (χ4v) is 2.40. The SMILES string of the molecule is CNc1cncc(NC2CCOC2C2CC2)n1. The fraction of sp³-hybridized carbons (Fsp3) is 0.667. The van der Waals surface area contributed by atoms with Gasteiger partial charge >= 0.3 is 0 Å². The quantitative estimate of drug-likeness (QED) is 0.826. The van der Waals surface area contributed by atoms with E-state index in [0.717, 1.165) is 30.6 Å². The zero-order valence-electron chi connectivity index (χ0n) is 10.0. The minimum Gasteiger partial charge on any atom is -0.376 e. The van der Waals surface area contributed by atoms with Crippen molar-refractivity contribution in [3.8, 4) is 0 Å². The highest BCUT2D eigenvalue weighted by atomic mass is 16.5. The van der Waals surface area contributed by atoms with E-state index in [4.69, 9.17) is 4.74 Å². The molecule has 2 fully saturated rings. The molecule has 0 amide bonds. The van der Waals surface area contributed by atoms with Crippen molar-refractivity contribution in [2.24, 2.45) is 5.92 Å². The number of hydrogen-bond donors (Lipinski definition) is 2. The molecule has 1 saturated carbocycles. The molecule has 5 heteroatoms. The van der Waals surface area contributed by atoms with Crippen LogP contribution in [0.3, 0.4) is 0 Å². The molecule has 0 aromatic carbocycles. The number of ether oxygens (including phenoxy) is 1. The molecule has 1 aliphatic heterocycles. The van der Waals surface area contributed by atoms with Crippen LogP contribution < -0.4 is 10.6 Å². The van der Waals surface area contributed by atoms with Gasteiger partial charge < -0.3 is 15.4 Å². The second-order valence-electron chi connectivity index (χ2n) is 4.75. The van der Waals surface area contributed by atoms with Gasteiger partial charge in [0.05, 0.1) is 24.5 Å². The Morgan fingerprint density at radius 1 is 1.24 bits per heavy atom. The van der Waals surface area contributed by atoms with E-state index in [1.807, 2.05) is 7.05 Å². The lowest BCUT2D eigenvalue weighted by atomic mass is 10.1. The molecule has 1 aromatic heterocycles. The number of aromatic nitrogens is 2. The Labute approximate surface area is 101 Å². The maximum atomic E-state index is 5.79. The highest BCUT2D eigenvalue weighted by molar-refractivity contribution is 5.42. The Kier molecular flexibility index (Phi) is 2.84. The summed E-state index contributed by atoms with van der Waals surface area (Å²) in [6.07, 6.45) is 7.54. The molecule has 2 N–H and O–H groups in total. The highest BCUT2D eigenvalue weighted by Crippen LogP contribution is 2.39. The van der Waals surface area contributed by atoms with E-state index in [0.29, 0.717) is 12.1 Å². The molecule has 0 spiro atoms. The largest absolute Gasteiger partial charge is 0.376 e. The third kappa shape index (κ3) is 2.34. The van der Waals surface area contributed by atoms with Gasteiger partial charge in [0.25, 0.3) is 0 Å². The number of nitrogens with zero attached hydrogens (tertiary/aromatic N) is 2. The van der Waals surface area contributed by atoms with Crippen molar-refractivity contribution in [2.45, 2.75) is 31.4 Å². The minimum absolute atomic E-state index is 0.370. The van der Waals surface area contributed by atoms with Gasteiger partial charge in [-0.3, -0.25) is 4.98 Å². The number of rotatable bonds is 4. The molecular formula is C12H18N4O. The molecular weight excluding hydrogens is 216 g/mol. The molecule has 17 heavy (non-hydrogen) atoms. The van der Waals surface area contributed by atoms with E-state index < -0.39 is 0 Å². The van der Waals surface area contributed by atoms with E-state index in [1.54, 1.807) is 12.4 Å². The summed E-state index contributed by atoms with van der Waals surface area (Å²) in [5.74, 6) is 2.38. The van der Waals surface area contributed by atoms with Gasteiger partial charge in [-0.25, -0.2) is 4.98 Å². The second-order valence-corrected chi connectivity index (χ2v) is 4.75. The van der Waals surface area contributed by atoms with Gasteiger partial charge in [-0.05, 0) is 25.2 Å². The van der Waals surface area contributed by atoms with Crippen LogP contribution in [0.25, 0.3) is 0 Å². The van der Waals surface area contributed by atoms with Crippen molar-refractivity contribution in [3.05, 3.63) is 12.4 Å². The van der Waals surface area contributed by atoms with Gasteiger partial charge in [-0.1, -0.05) is 0 Å². The monoisotopic (exact) mass is 234 g/mol. The third-order valence-corrected chi connectivity index (χ3v) is 3.45. The molecule has 92 valence electrons. The van der Waals surface area contributed by atoms with E-state index in [9.17, 15) is 0 Å². The lowest BCUT2D eigenvalue weighted by molar-refractivity contribution is 0.0898. The topological polar surface area (TPSA) is 59.1 Å². The van der Waals surface area contributed by atoms with Gasteiger partial charge in [-0.2, -0.15) is 0 Å². The maximum absolute atomic E-state index is 5.79. The average Bonchev–Trinajstić information content (AvgIpc) is 3.11. The summed E-state index contributed by atoms with van der Waals surface area (Å²) in [6, 6.07) is 0.393. The molecule has 1 saturated heterocycles. The summed E-state index contributed by atoms with van der Waals surface area (Å²) in [6.45, 7) is 0.859. The summed E-state index contributed by atoms with van der Waals surface area (Å²) in [4.78, 5) is 8.58. The van der Waals surface area contributed by atoms with Crippen LogP contribution in [0, 0.1) is 5.92 Å². The van der Waals surface area contributed by atoms with Gasteiger partial charge in [0.1, 0.15) is 11.6 Å². The van der Waals surface area contributed by atoms with Gasteiger partial charge in [0.2, 0.25) is 0 Å². The normalized spacial score (nSPS) is 28.1. The predicted octanol–water partition coefficient (Wildman–Crippen LogP) is 1.50. The van der Waals surface area contributed by atoms with Gasteiger partial charge in [0.15, 0.2) is 0 Å². The van der Waals surface area contributed by atoms with Crippen LogP contribution in [0.4, 0.5) is 11.6 Å². The fourth-order valence-electron chi connectivity index (χ4n) is 2.40. The molecule has 1 aliphatic carbocycles. The molecule has 2 aliphatic rings. The Morgan fingerprint density at radius 3 is 2.82 bits per heavy atom. The zero-order chi connectivity index (χ0) is 11.7. The molecule has 0 bridgehead atoms. The van der Waals surface area contributed by atoms with Crippen molar-refractivity contribution in [3.63, 3.8) is 0 Å². The lowest BCUT2D eigenvalue weighted by Gasteiger charge is -2.19. The standard InChI is InChI=1S/C12H18N4O/c1-13-10-6-14-7-11(16-10)15-9-4-5-17-12(9)8-2-3-8/h6-9,12H,2-5H2,1H3,(H2,13,15,16). The van der Waals surface area contributed by atoms with E-state index in [-0.39, 0.29) is 0 Å². The zero-order valence-corrected chi connectivity index (χ0v) is 10.0. The highest BCUT2D eigenvalue weighted by Gasteiger charge is 2.40. The number of anilines is 2. The van der Waals surface area contributed by atoms with Gasteiger partial charge in [-0.15, -0.1) is 0 Å². The van der Waals surface area contributed by atoms with Crippen molar-refractivity contribution < 1.29 is 4.74 Å². The second kappa shape index (κ2) is 4.49. The van der Waals surface area contributed by atoms with Crippen LogP contribution in [-0.4, -0.2) is 35.8 Å². The predicted molar refractivity (Wildman–Crippen MR) is 66.1 cm³/mol. The first-order valence-electron chi connectivity index (χ1n) is 6.25. The van der Waals surface area contributed by atoms with Crippen LogP contribution in [0.5, 0.6) is 0 Å². The van der Waals surface area contributed by atoms with Crippen molar-refractivity contribution in [1.82, 2.24) is 9.97 Å². The van der Waals surface area contributed by atoms with Crippen LogP contribution in [0.2, 0.25) is 0 Å². The molecule has 2 heterocycles. The third-order valence-electron chi connectivity index (χ3n) is 3.45. The first kappa shape index (κ1) is 10.8.